The summed E-state index contributed by atoms with van der Waals surface area (Å²) in [5.41, 5.74) is 1.30. The summed E-state index contributed by atoms with van der Waals surface area (Å²) in [6.07, 6.45) is 4.29. The van der Waals surface area contributed by atoms with Gasteiger partial charge in [-0.2, -0.15) is 0 Å². The fourth-order valence-corrected chi connectivity index (χ4v) is 2.62. The van der Waals surface area contributed by atoms with Crippen LogP contribution >= 0.6 is 0 Å². The van der Waals surface area contributed by atoms with Crippen LogP contribution < -0.4 is 5.32 Å². The second kappa shape index (κ2) is 7.29. The van der Waals surface area contributed by atoms with Crippen LogP contribution in [-0.2, 0) is 11.2 Å². The van der Waals surface area contributed by atoms with Gasteiger partial charge in [0.05, 0.1) is 6.04 Å². The van der Waals surface area contributed by atoms with Crippen molar-refractivity contribution < 1.29 is 4.79 Å². The minimum absolute atomic E-state index is 0.0458. The summed E-state index contributed by atoms with van der Waals surface area (Å²) in [6, 6.07) is 10.4. The number of benzene rings is 1. The molecule has 0 bridgehead atoms. The summed E-state index contributed by atoms with van der Waals surface area (Å²) in [5.74, 6) is 0.276. The van der Waals surface area contributed by atoms with Gasteiger partial charge in [-0.25, -0.2) is 0 Å². The third-order valence-electron chi connectivity index (χ3n) is 3.82. The van der Waals surface area contributed by atoms with Crippen LogP contribution in [0.5, 0.6) is 0 Å². The Hall–Kier alpha value is -1.35. The van der Waals surface area contributed by atoms with Crippen LogP contribution in [0.2, 0.25) is 0 Å². The highest BCUT2D eigenvalue weighted by Gasteiger charge is 2.24. The monoisotopic (exact) mass is 260 g/mol. The highest BCUT2D eigenvalue weighted by molar-refractivity contribution is 5.82. The Kier molecular flexibility index (Phi) is 5.40. The lowest BCUT2D eigenvalue weighted by molar-refractivity contribution is -0.133. The minimum Gasteiger partial charge on any atom is -0.341 e. The summed E-state index contributed by atoms with van der Waals surface area (Å²) in [7, 11) is 0. The molecule has 1 atom stereocenters. The van der Waals surface area contributed by atoms with Crippen LogP contribution in [0.25, 0.3) is 0 Å². The molecule has 3 heteroatoms. The van der Waals surface area contributed by atoms with Crippen LogP contribution in [0.1, 0.15) is 31.7 Å². The molecule has 1 aromatic rings. The van der Waals surface area contributed by atoms with Crippen LogP contribution in [-0.4, -0.2) is 36.5 Å². The molecule has 1 heterocycles. The van der Waals surface area contributed by atoms with Crippen molar-refractivity contribution in [3.63, 3.8) is 0 Å². The predicted molar refractivity (Wildman–Crippen MR) is 78.0 cm³/mol. The predicted octanol–water partition coefficient (Wildman–Crippen LogP) is 2.22. The number of rotatable bonds is 5. The first-order valence-corrected chi connectivity index (χ1v) is 7.37. The molecule has 1 fully saturated rings. The highest BCUT2D eigenvalue weighted by Crippen LogP contribution is 2.10. The van der Waals surface area contributed by atoms with Gasteiger partial charge >= 0.3 is 0 Å². The lowest BCUT2D eigenvalue weighted by Crippen LogP contribution is -2.49. The third kappa shape index (κ3) is 4.06. The zero-order chi connectivity index (χ0) is 13.5. The van der Waals surface area contributed by atoms with Gasteiger partial charge in [0, 0.05) is 13.1 Å². The maximum Gasteiger partial charge on any atom is 0.239 e. The molecule has 0 aliphatic carbocycles. The van der Waals surface area contributed by atoms with Crippen molar-refractivity contribution in [1.29, 1.82) is 0 Å². The Bertz CT molecular complexity index is 385. The molecule has 3 nitrogen and oxygen atoms in total. The number of amides is 1. The molecule has 1 N–H and O–H groups in total. The lowest BCUT2D eigenvalue weighted by Gasteiger charge is -2.29. The molecule has 0 spiro atoms. The second-order valence-corrected chi connectivity index (χ2v) is 5.16. The fraction of sp³-hybridized carbons (Fsp3) is 0.562. The van der Waals surface area contributed by atoms with E-state index < -0.39 is 0 Å². The fourth-order valence-electron chi connectivity index (χ4n) is 2.62. The van der Waals surface area contributed by atoms with Gasteiger partial charge in [-0.3, -0.25) is 4.79 Å². The Morgan fingerprint density at radius 2 is 2.11 bits per heavy atom. The van der Waals surface area contributed by atoms with E-state index in [9.17, 15) is 4.79 Å². The Morgan fingerprint density at radius 3 is 2.74 bits per heavy atom. The zero-order valence-electron chi connectivity index (χ0n) is 11.8. The van der Waals surface area contributed by atoms with Crippen molar-refractivity contribution in [2.24, 2.45) is 0 Å². The summed E-state index contributed by atoms with van der Waals surface area (Å²) in [6.45, 7) is 4.65. The zero-order valence-corrected chi connectivity index (χ0v) is 11.8. The van der Waals surface area contributed by atoms with Gasteiger partial charge in [-0.05, 0) is 38.3 Å². The summed E-state index contributed by atoms with van der Waals surface area (Å²) in [5, 5.41) is 3.34. The van der Waals surface area contributed by atoms with Gasteiger partial charge in [0.1, 0.15) is 0 Å². The van der Waals surface area contributed by atoms with Crippen LogP contribution in [0.15, 0.2) is 30.3 Å². The molecule has 1 aliphatic heterocycles. The number of carbonyl (C=O) groups excluding carboxylic acids is 1. The lowest BCUT2D eigenvalue weighted by atomic mass is 10.0. The van der Waals surface area contributed by atoms with E-state index in [1.54, 1.807) is 0 Å². The molecule has 1 amide bonds. The van der Waals surface area contributed by atoms with E-state index in [2.05, 4.69) is 36.5 Å². The van der Waals surface area contributed by atoms with Crippen molar-refractivity contribution >= 4 is 5.91 Å². The normalized spacial score (nSPS) is 19.1. The molecule has 0 saturated carbocycles. The second-order valence-electron chi connectivity index (χ2n) is 5.16. The molecule has 0 radical (unpaired) electrons. The number of hydrogen-bond acceptors (Lipinski definition) is 2. The molecule has 0 aromatic heterocycles. The van der Waals surface area contributed by atoms with Crippen LogP contribution in [0.4, 0.5) is 0 Å². The van der Waals surface area contributed by atoms with Gasteiger partial charge in [-0.1, -0.05) is 36.8 Å². The van der Waals surface area contributed by atoms with Gasteiger partial charge in [0.15, 0.2) is 0 Å². The van der Waals surface area contributed by atoms with Gasteiger partial charge in [-0.15, -0.1) is 0 Å². The molecule has 1 aromatic carbocycles. The number of carbonyl (C=O) groups is 1. The van der Waals surface area contributed by atoms with E-state index in [-0.39, 0.29) is 11.9 Å². The minimum atomic E-state index is 0.0458. The first kappa shape index (κ1) is 14.1. The van der Waals surface area contributed by atoms with E-state index in [0.29, 0.717) is 0 Å². The molecule has 19 heavy (non-hydrogen) atoms. The smallest absolute Gasteiger partial charge is 0.239 e. The largest absolute Gasteiger partial charge is 0.341 e. The highest BCUT2D eigenvalue weighted by atomic mass is 16.2. The van der Waals surface area contributed by atoms with E-state index >= 15 is 0 Å². The molecular weight excluding hydrogens is 236 g/mol. The van der Waals surface area contributed by atoms with E-state index in [1.807, 2.05) is 11.0 Å². The van der Waals surface area contributed by atoms with Crippen molar-refractivity contribution in [2.45, 2.75) is 38.6 Å². The standard InChI is InChI=1S/C16H24N2O/c1-2-18(13-11-14-8-4-3-5-9-14)16(19)15-10-6-7-12-17-15/h3-5,8-9,15,17H,2,6-7,10-13H2,1H3/t15-/m0/s1. The number of hydrogen-bond donors (Lipinski definition) is 1. The van der Waals surface area contributed by atoms with Crippen LogP contribution in [0.3, 0.4) is 0 Å². The number of nitrogens with zero attached hydrogens (tertiary/aromatic N) is 1. The number of piperidine rings is 1. The summed E-state index contributed by atoms with van der Waals surface area (Å²) in [4.78, 5) is 14.4. The van der Waals surface area contributed by atoms with Crippen molar-refractivity contribution in [2.75, 3.05) is 19.6 Å². The van der Waals surface area contributed by atoms with E-state index in [1.165, 1.54) is 18.4 Å². The molecule has 2 rings (SSSR count). The molecular formula is C16H24N2O. The Labute approximate surface area is 116 Å². The van der Waals surface area contributed by atoms with Gasteiger partial charge in [0.2, 0.25) is 5.91 Å². The van der Waals surface area contributed by atoms with Gasteiger partial charge in [0.25, 0.3) is 0 Å². The molecule has 104 valence electrons. The molecule has 1 saturated heterocycles. The molecule has 1 aliphatic rings. The van der Waals surface area contributed by atoms with E-state index in [4.69, 9.17) is 0 Å². The first-order valence-electron chi connectivity index (χ1n) is 7.37. The Balaban J connectivity index is 1.86. The van der Waals surface area contributed by atoms with Crippen molar-refractivity contribution in [1.82, 2.24) is 10.2 Å². The number of nitrogens with one attached hydrogen (secondary N) is 1. The Morgan fingerprint density at radius 1 is 1.32 bits per heavy atom. The number of likely N-dealkylation sites (N-methyl/N-ethyl adjacent to an activating group) is 1. The maximum absolute atomic E-state index is 12.4. The van der Waals surface area contributed by atoms with Crippen molar-refractivity contribution in [3.05, 3.63) is 35.9 Å². The summed E-state index contributed by atoms with van der Waals surface area (Å²) < 4.78 is 0. The maximum atomic E-state index is 12.4. The molecule has 0 unspecified atom stereocenters. The van der Waals surface area contributed by atoms with Gasteiger partial charge < -0.3 is 10.2 Å². The average molecular weight is 260 g/mol. The van der Waals surface area contributed by atoms with E-state index in [0.717, 1.165) is 32.5 Å². The van der Waals surface area contributed by atoms with Crippen LogP contribution in [0, 0.1) is 0 Å². The quantitative estimate of drug-likeness (QED) is 0.880. The summed E-state index contributed by atoms with van der Waals surface area (Å²) >= 11 is 0. The third-order valence-corrected chi connectivity index (χ3v) is 3.82. The topological polar surface area (TPSA) is 32.3 Å². The van der Waals surface area contributed by atoms with Crippen molar-refractivity contribution in [3.8, 4) is 0 Å². The SMILES string of the molecule is CCN(CCc1ccccc1)C(=O)[C@@H]1CCCCN1. The first-order chi connectivity index (χ1) is 9.31. The average Bonchev–Trinajstić information content (AvgIpc) is 2.49.